The highest BCUT2D eigenvalue weighted by atomic mass is 28.2. The normalized spacial score (nSPS) is 11.7. The van der Waals surface area contributed by atoms with Gasteiger partial charge in [-0.25, -0.2) is 0 Å². The molecule has 0 aliphatic rings. The average Bonchev–Trinajstić information content (AvgIpc) is 3.25. The number of hydrogen-bond donors (Lipinski definition) is 0. The van der Waals surface area contributed by atoms with Crippen molar-refractivity contribution in [2.24, 2.45) is 0 Å². The molecule has 0 fully saturated rings. The van der Waals surface area contributed by atoms with Gasteiger partial charge in [-0.1, -0.05) is 373 Å². The Morgan fingerprint density at radius 1 is 0.136 bits per heavy atom. The van der Waals surface area contributed by atoms with Gasteiger partial charge in [0.1, 0.15) is 0 Å². The van der Waals surface area contributed by atoms with Gasteiger partial charge in [0.15, 0.2) is 0 Å². The molecule has 0 bridgehead atoms. The SMILES string of the molecule is CCCCCCCCCCCCCCCCCCCCCCCCCCCCC[Si]CCCCCCCCCCCCCCCCCCCCCCCCCCCCC. The maximum Gasteiger partial charge on any atom is 0.0378 e. The van der Waals surface area contributed by atoms with Gasteiger partial charge in [0, 0.05) is 9.52 Å². The van der Waals surface area contributed by atoms with Gasteiger partial charge in [0.2, 0.25) is 0 Å². The van der Waals surface area contributed by atoms with E-state index in [-0.39, 0.29) is 0 Å². The molecular formula is C58H118Si. The first-order chi connectivity index (χ1) is 29.4. The van der Waals surface area contributed by atoms with Crippen LogP contribution in [-0.4, -0.2) is 9.52 Å². The number of unbranched alkanes of at least 4 members (excludes halogenated alkanes) is 52. The molecule has 1 heteroatoms. The second-order valence-corrected chi connectivity index (χ2v) is 21.6. The molecule has 0 rings (SSSR count). The van der Waals surface area contributed by atoms with Crippen molar-refractivity contribution >= 4 is 9.52 Å². The van der Waals surface area contributed by atoms with Crippen LogP contribution in [0.3, 0.4) is 0 Å². The monoisotopic (exact) mass is 843 g/mol. The molecule has 0 unspecified atom stereocenters. The fourth-order valence-corrected chi connectivity index (χ4v) is 10.9. The highest BCUT2D eigenvalue weighted by Gasteiger charge is 2.00. The van der Waals surface area contributed by atoms with Crippen LogP contribution < -0.4 is 0 Å². The van der Waals surface area contributed by atoms with Crippen LogP contribution in [0.2, 0.25) is 12.1 Å². The predicted octanol–water partition coefficient (Wildman–Crippen LogP) is 22.6. The summed E-state index contributed by atoms with van der Waals surface area (Å²) in [6.07, 6.45) is 80.5. The minimum absolute atomic E-state index is 1.25. The Morgan fingerprint density at radius 2 is 0.237 bits per heavy atom. The third-order valence-corrected chi connectivity index (χ3v) is 15.3. The maximum absolute atomic E-state index is 2.31. The van der Waals surface area contributed by atoms with Gasteiger partial charge in [0.05, 0.1) is 0 Å². The van der Waals surface area contributed by atoms with Crippen molar-refractivity contribution < 1.29 is 0 Å². The van der Waals surface area contributed by atoms with Gasteiger partial charge >= 0.3 is 0 Å². The van der Waals surface area contributed by atoms with E-state index in [9.17, 15) is 0 Å². The van der Waals surface area contributed by atoms with Crippen LogP contribution in [0.5, 0.6) is 0 Å². The molecule has 59 heavy (non-hydrogen) atoms. The molecule has 0 N–H and O–H groups in total. The smallest absolute Gasteiger partial charge is 0.0378 e. The van der Waals surface area contributed by atoms with Crippen LogP contribution >= 0.6 is 0 Å². The van der Waals surface area contributed by atoms with Crippen molar-refractivity contribution in [1.29, 1.82) is 0 Å². The summed E-state index contributed by atoms with van der Waals surface area (Å²) >= 11 is 0. The van der Waals surface area contributed by atoms with E-state index in [0.29, 0.717) is 0 Å². The lowest BCUT2D eigenvalue weighted by molar-refractivity contribution is 0.515. The highest BCUT2D eigenvalue weighted by molar-refractivity contribution is 6.35. The fraction of sp³-hybridized carbons (Fsp3) is 1.00. The summed E-state index contributed by atoms with van der Waals surface area (Å²) in [7, 11) is 1.25. The molecule has 0 aromatic carbocycles. The fourth-order valence-electron chi connectivity index (χ4n) is 9.61. The third-order valence-electron chi connectivity index (χ3n) is 13.9. The standard InChI is InChI=1S/C58H118Si/c1-3-5-7-9-11-13-15-17-19-21-23-25-27-29-31-33-35-37-39-41-43-45-47-49-51-53-55-57-59-58-56-54-52-50-48-46-44-42-40-38-36-34-32-30-28-26-24-22-20-18-16-14-12-10-8-6-4-2/h3-58H2,1-2H3. The highest BCUT2D eigenvalue weighted by Crippen LogP contribution is 2.19. The molecule has 2 radical (unpaired) electrons. The van der Waals surface area contributed by atoms with Gasteiger partial charge in [-0.15, -0.1) is 0 Å². The van der Waals surface area contributed by atoms with Crippen molar-refractivity contribution in [3.63, 3.8) is 0 Å². The zero-order valence-corrected chi connectivity index (χ0v) is 43.1. The molecule has 0 saturated heterocycles. The summed E-state index contributed by atoms with van der Waals surface area (Å²) in [4.78, 5) is 0. The predicted molar refractivity (Wildman–Crippen MR) is 276 cm³/mol. The van der Waals surface area contributed by atoms with Gasteiger partial charge in [-0.05, 0) is 0 Å². The van der Waals surface area contributed by atoms with E-state index in [1.54, 1.807) is 0 Å². The molecule has 0 atom stereocenters. The van der Waals surface area contributed by atoms with E-state index < -0.39 is 0 Å². The zero-order chi connectivity index (χ0) is 42.3. The molecule has 0 aromatic heterocycles. The minimum atomic E-state index is 1.25. The van der Waals surface area contributed by atoms with Crippen LogP contribution in [0, 0.1) is 0 Å². The van der Waals surface area contributed by atoms with Crippen molar-refractivity contribution in [3.05, 3.63) is 0 Å². The van der Waals surface area contributed by atoms with Crippen molar-refractivity contribution in [2.45, 2.75) is 373 Å². The summed E-state index contributed by atoms with van der Waals surface area (Å²) in [6.45, 7) is 4.63. The molecule has 0 amide bonds. The summed E-state index contributed by atoms with van der Waals surface area (Å²) in [5.74, 6) is 0. The molecule has 0 nitrogen and oxygen atoms in total. The Hall–Kier alpha value is 0.217. The summed E-state index contributed by atoms with van der Waals surface area (Å²) < 4.78 is 0. The van der Waals surface area contributed by atoms with E-state index in [0.717, 1.165) is 0 Å². The molecule has 0 heterocycles. The van der Waals surface area contributed by atoms with Gasteiger partial charge < -0.3 is 0 Å². The molecule has 0 spiro atoms. The molecular weight excluding hydrogens is 725 g/mol. The number of rotatable bonds is 56. The van der Waals surface area contributed by atoms with Crippen molar-refractivity contribution in [1.82, 2.24) is 0 Å². The van der Waals surface area contributed by atoms with Crippen LogP contribution in [0.1, 0.15) is 361 Å². The summed E-state index contributed by atoms with van der Waals surface area (Å²) in [5.41, 5.74) is 0. The first kappa shape index (κ1) is 59.2. The maximum atomic E-state index is 2.31. The van der Waals surface area contributed by atoms with E-state index in [4.69, 9.17) is 0 Å². The first-order valence-corrected chi connectivity index (χ1v) is 30.5. The van der Waals surface area contributed by atoms with Crippen LogP contribution in [0.25, 0.3) is 0 Å². The summed E-state index contributed by atoms with van der Waals surface area (Å²) in [5, 5.41) is 0. The van der Waals surface area contributed by atoms with Gasteiger partial charge in [-0.3, -0.25) is 0 Å². The largest absolute Gasteiger partial charge is 0.0654 e. The van der Waals surface area contributed by atoms with Crippen LogP contribution in [0.4, 0.5) is 0 Å². The van der Waals surface area contributed by atoms with Crippen LogP contribution in [0.15, 0.2) is 0 Å². The van der Waals surface area contributed by atoms with Crippen molar-refractivity contribution in [2.75, 3.05) is 0 Å². The van der Waals surface area contributed by atoms with Crippen molar-refractivity contribution in [3.8, 4) is 0 Å². The van der Waals surface area contributed by atoms with E-state index in [1.807, 2.05) is 0 Å². The molecule has 0 aliphatic carbocycles. The lowest BCUT2D eigenvalue weighted by Crippen LogP contribution is -1.90. The minimum Gasteiger partial charge on any atom is -0.0654 e. The Morgan fingerprint density at radius 3 is 0.356 bits per heavy atom. The summed E-state index contributed by atoms with van der Waals surface area (Å²) in [6, 6.07) is 3.05. The number of hydrogen-bond acceptors (Lipinski definition) is 0. The zero-order valence-electron chi connectivity index (χ0n) is 42.1. The third kappa shape index (κ3) is 58.2. The Kier molecular flexibility index (Phi) is 58.4. The lowest BCUT2D eigenvalue weighted by Gasteiger charge is -2.05. The molecule has 354 valence electrons. The Bertz CT molecular complexity index is 616. The van der Waals surface area contributed by atoms with Gasteiger partial charge in [-0.2, -0.15) is 0 Å². The van der Waals surface area contributed by atoms with E-state index in [2.05, 4.69) is 13.8 Å². The average molecular weight is 844 g/mol. The lowest BCUT2D eigenvalue weighted by atomic mass is 10.0. The second kappa shape index (κ2) is 58.2. The quantitative estimate of drug-likeness (QED) is 0.0423. The van der Waals surface area contributed by atoms with Crippen LogP contribution in [-0.2, 0) is 0 Å². The Balaban J connectivity index is 3.06. The first-order valence-electron chi connectivity index (χ1n) is 29.1. The van der Waals surface area contributed by atoms with Gasteiger partial charge in [0.25, 0.3) is 0 Å². The van der Waals surface area contributed by atoms with E-state index >= 15 is 0 Å². The topological polar surface area (TPSA) is 0 Å². The Labute approximate surface area is 380 Å². The molecule has 0 saturated carbocycles. The molecule has 0 aromatic rings. The van der Waals surface area contributed by atoms with E-state index in [1.165, 1.54) is 368 Å². The second-order valence-electron chi connectivity index (χ2n) is 20.1. The molecule has 0 aliphatic heterocycles.